The maximum atomic E-state index is 6.14. The van der Waals surface area contributed by atoms with E-state index >= 15 is 0 Å². The molecular weight excluding hydrogens is 196 g/mol. The van der Waals surface area contributed by atoms with Crippen molar-refractivity contribution in [2.24, 2.45) is 5.92 Å². The fourth-order valence-electron chi connectivity index (χ4n) is 2.14. The van der Waals surface area contributed by atoms with Gasteiger partial charge in [0.2, 0.25) is 0 Å². The average Bonchev–Trinajstić information content (AvgIpc) is 2.44. The van der Waals surface area contributed by atoms with Crippen molar-refractivity contribution in [2.75, 3.05) is 0 Å². The first kappa shape index (κ1) is 10.0. The SMILES string of the molecule is CC1CCn2c(C(C)C)nc(Cl)c2C1. The lowest BCUT2D eigenvalue weighted by atomic mass is 9.98. The van der Waals surface area contributed by atoms with E-state index in [1.54, 1.807) is 0 Å². The smallest absolute Gasteiger partial charge is 0.150 e. The summed E-state index contributed by atoms with van der Waals surface area (Å²) in [6.45, 7) is 7.71. The average molecular weight is 213 g/mol. The Labute approximate surface area is 90.3 Å². The summed E-state index contributed by atoms with van der Waals surface area (Å²) in [5.41, 5.74) is 1.24. The monoisotopic (exact) mass is 212 g/mol. The summed E-state index contributed by atoms with van der Waals surface area (Å²) in [4.78, 5) is 4.45. The summed E-state index contributed by atoms with van der Waals surface area (Å²) >= 11 is 6.14. The van der Waals surface area contributed by atoms with Crippen molar-refractivity contribution >= 4 is 11.6 Å². The molecule has 0 saturated heterocycles. The molecule has 0 aromatic carbocycles. The lowest BCUT2D eigenvalue weighted by Gasteiger charge is -2.22. The van der Waals surface area contributed by atoms with Crippen LogP contribution in [-0.2, 0) is 13.0 Å². The molecule has 3 heteroatoms. The first-order chi connectivity index (χ1) is 6.59. The van der Waals surface area contributed by atoms with Crippen LogP contribution in [0.1, 0.15) is 44.6 Å². The van der Waals surface area contributed by atoms with Crippen molar-refractivity contribution < 1.29 is 0 Å². The van der Waals surface area contributed by atoms with E-state index in [1.165, 1.54) is 12.1 Å². The Bertz CT molecular complexity index is 341. The topological polar surface area (TPSA) is 17.8 Å². The molecule has 0 fully saturated rings. The Balaban J connectivity index is 2.44. The van der Waals surface area contributed by atoms with Gasteiger partial charge in [-0.1, -0.05) is 32.4 Å². The number of halogens is 1. The van der Waals surface area contributed by atoms with Crippen molar-refractivity contribution in [3.63, 3.8) is 0 Å². The van der Waals surface area contributed by atoms with Crippen LogP contribution in [0.2, 0.25) is 5.15 Å². The maximum Gasteiger partial charge on any atom is 0.150 e. The van der Waals surface area contributed by atoms with E-state index in [1.807, 2.05) is 0 Å². The van der Waals surface area contributed by atoms with Gasteiger partial charge in [0.25, 0.3) is 0 Å². The second-order valence-electron chi connectivity index (χ2n) is 4.61. The highest BCUT2D eigenvalue weighted by atomic mass is 35.5. The van der Waals surface area contributed by atoms with Gasteiger partial charge in [0.1, 0.15) is 5.82 Å². The quantitative estimate of drug-likeness (QED) is 0.699. The van der Waals surface area contributed by atoms with Gasteiger partial charge in [-0.05, 0) is 18.8 Å². The molecule has 2 heterocycles. The van der Waals surface area contributed by atoms with Crippen molar-refractivity contribution in [3.05, 3.63) is 16.7 Å². The van der Waals surface area contributed by atoms with Crippen LogP contribution in [0.25, 0.3) is 0 Å². The van der Waals surface area contributed by atoms with Crippen molar-refractivity contribution in [1.29, 1.82) is 0 Å². The van der Waals surface area contributed by atoms with Crippen molar-refractivity contribution in [1.82, 2.24) is 9.55 Å². The third-order valence-electron chi connectivity index (χ3n) is 2.96. The highest BCUT2D eigenvalue weighted by Gasteiger charge is 2.23. The molecule has 2 nitrogen and oxygen atoms in total. The number of aromatic nitrogens is 2. The largest absolute Gasteiger partial charge is 0.330 e. The summed E-state index contributed by atoms with van der Waals surface area (Å²) in [6, 6.07) is 0. The van der Waals surface area contributed by atoms with E-state index in [0.29, 0.717) is 5.92 Å². The molecular formula is C11H17ClN2. The lowest BCUT2D eigenvalue weighted by Crippen LogP contribution is -2.19. The number of rotatable bonds is 1. The third kappa shape index (κ3) is 1.56. The Kier molecular flexibility index (Phi) is 2.56. The fourth-order valence-corrected chi connectivity index (χ4v) is 2.41. The third-order valence-corrected chi connectivity index (χ3v) is 3.26. The zero-order valence-electron chi connectivity index (χ0n) is 9.05. The summed E-state index contributed by atoms with van der Waals surface area (Å²) in [5.74, 6) is 2.36. The van der Waals surface area contributed by atoms with Gasteiger partial charge < -0.3 is 4.57 Å². The van der Waals surface area contributed by atoms with Gasteiger partial charge in [0.15, 0.2) is 5.15 Å². The van der Waals surface area contributed by atoms with Crippen LogP contribution < -0.4 is 0 Å². The Hall–Kier alpha value is -0.500. The van der Waals surface area contributed by atoms with Crippen LogP contribution >= 0.6 is 11.6 Å². The summed E-state index contributed by atoms with van der Waals surface area (Å²) in [7, 11) is 0. The van der Waals surface area contributed by atoms with Crippen molar-refractivity contribution in [3.8, 4) is 0 Å². The Morgan fingerprint density at radius 2 is 2.21 bits per heavy atom. The molecule has 0 amide bonds. The first-order valence-electron chi connectivity index (χ1n) is 5.34. The molecule has 2 rings (SSSR count). The molecule has 0 N–H and O–H groups in total. The van der Waals surface area contributed by atoms with Crippen LogP contribution in [0, 0.1) is 5.92 Å². The molecule has 1 aromatic heterocycles. The number of nitrogens with zero attached hydrogens (tertiary/aromatic N) is 2. The minimum absolute atomic E-state index is 0.467. The van der Waals surface area contributed by atoms with Crippen LogP contribution in [0.3, 0.4) is 0 Å². The van der Waals surface area contributed by atoms with Gasteiger partial charge in [0.05, 0.1) is 5.69 Å². The van der Waals surface area contributed by atoms with Crippen LogP contribution in [0.5, 0.6) is 0 Å². The molecule has 1 atom stereocenters. The lowest BCUT2D eigenvalue weighted by molar-refractivity contribution is 0.405. The molecule has 0 spiro atoms. The molecule has 1 aliphatic rings. The summed E-state index contributed by atoms with van der Waals surface area (Å²) in [6.07, 6.45) is 2.33. The molecule has 0 saturated carbocycles. The first-order valence-corrected chi connectivity index (χ1v) is 5.72. The molecule has 0 bridgehead atoms. The van der Waals surface area contributed by atoms with Gasteiger partial charge in [-0.15, -0.1) is 0 Å². The van der Waals surface area contributed by atoms with Crippen LogP contribution in [0.15, 0.2) is 0 Å². The molecule has 1 aromatic rings. The summed E-state index contributed by atoms with van der Waals surface area (Å²) < 4.78 is 2.31. The minimum Gasteiger partial charge on any atom is -0.330 e. The van der Waals surface area contributed by atoms with E-state index in [-0.39, 0.29) is 0 Å². The second-order valence-corrected chi connectivity index (χ2v) is 4.97. The second kappa shape index (κ2) is 3.58. The van der Waals surface area contributed by atoms with E-state index in [9.17, 15) is 0 Å². The van der Waals surface area contributed by atoms with Gasteiger partial charge in [-0.3, -0.25) is 0 Å². The number of hydrogen-bond acceptors (Lipinski definition) is 1. The van der Waals surface area contributed by atoms with Crippen LogP contribution in [0.4, 0.5) is 0 Å². The zero-order valence-corrected chi connectivity index (χ0v) is 9.80. The fraction of sp³-hybridized carbons (Fsp3) is 0.727. The Morgan fingerprint density at radius 3 is 2.86 bits per heavy atom. The zero-order chi connectivity index (χ0) is 10.3. The highest BCUT2D eigenvalue weighted by molar-refractivity contribution is 6.30. The number of fused-ring (bicyclic) bond motifs is 1. The molecule has 0 aliphatic carbocycles. The standard InChI is InChI=1S/C11H17ClN2/c1-7(2)11-13-10(12)9-6-8(3)4-5-14(9)11/h7-8H,4-6H2,1-3H3. The van der Waals surface area contributed by atoms with Gasteiger partial charge in [-0.2, -0.15) is 0 Å². The van der Waals surface area contributed by atoms with E-state index in [0.717, 1.165) is 29.9 Å². The number of hydrogen-bond donors (Lipinski definition) is 0. The number of imidazole rings is 1. The molecule has 0 radical (unpaired) electrons. The molecule has 14 heavy (non-hydrogen) atoms. The van der Waals surface area contributed by atoms with Crippen LogP contribution in [-0.4, -0.2) is 9.55 Å². The minimum atomic E-state index is 0.467. The van der Waals surface area contributed by atoms with Gasteiger partial charge in [0, 0.05) is 12.5 Å². The van der Waals surface area contributed by atoms with E-state index < -0.39 is 0 Å². The van der Waals surface area contributed by atoms with E-state index in [2.05, 4.69) is 30.3 Å². The van der Waals surface area contributed by atoms with Gasteiger partial charge in [-0.25, -0.2) is 4.98 Å². The summed E-state index contributed by atoms with van der Waals surface area (Å²) in [5, 5.41) is 0.722. The molecule has 1 aliphatic heterocycles. The maximum absolute atomic E-state index is 6.14. The highest BCUT2D eigenvalue weighted by Crippen LogP contribution is 2.29. The predicted octanol–water partition coefficient (Wildman–Crippen LogP) is 3.24. The predicted molar refractivity (Wildman–Crippen MR) is 58.8 cm³/mol. The van der Waals surface area contributed by atoms with Crippen molar-refractivity contribution in [2.45, 2.75) is 46.1 Å². The normalized spacial score (nSPS) is 21.4. The Morgan fingerprint density at radius 1 is 1.50 bits per heavy atom. The van der Waals surface area contributed by atoms with E-state index in [4.69, 9.17) is 11.6 Å². The van der Waals surface area contributed by atoms with Gasteiger partial charge >= 0.3 is 0 Å². The molecule has 78 valence electrons. The molecule has 1 unspecified atom stereocenters.